The van der Waals surface area contributed by atoms with E-state index < -0.39 is 16.0 Å². The molecule has 7 nitrogen and oxygen atoms in total. The van der Waals surface area contributed by atoms with Crippen LogP contribution in [-0.2, 0) is 26.2 Å². The van der Waals surface area contributed by atoms with Crippen LogP contribution in [-0.4, -0.2) is 31.7 Å². The minimum absolute atomic E-state index is 0.0582. The van der Waals surface area contributed by atoms with E-state index in [1.807, 2.05) is 0 Å². The van der Waals surface area contributed by atoms with Crippen molar-refractivity contribution in [1.82, 2.24) is 5.32 Å². The van der Waals surface area contributed by atoms with Gasteiger partial charge < -0.3 is 10.4 Å². The second-order valence-corrected chi connectivity index (χ2v) is 7.92. The summed E-state index contributed by atoms with van der Waals surface area (Å²) in [7, 11) is -3.30. The van der Waals surface area contributed by atoms with Gasteiger partial charge in [0.15, 0.2) is 0 Å². The lowest BCUT2D eigenvalue weighted by Gasteiger charge is -2.25. The fourth-order valence-electron chi connectivity index (χ4n) is 2.84. The highest BCUT2D eigenvalue weighted by Gasteiger charge is 2.29. The summed E-state index contributed by atoms with van der Waals surface area (Å²) in [6, 6.07) is 6.77. The fourth-order valence-corrected chi connectivity index (χ4v) is 3.41. The number of hydrogen-bond acceptors (Lipinski definition) is 4. The number of amides is 1. The summed E-state index contributed by atoms with van der Waals surface area (Å²) >= 11 is 0. The monoisotopic (exact) mass is 354 g/mol. The average molecular weight is 354 g/mol. The van der Waals surface area contributed by atoms with Gasteiger partial charge in [-0.25, -0.2) is 8.42 Å². The third-order valence-electron chi connectivity index (χ3n) is 4.17. The molecule has 1 amide bonds. The minimum atomic E-state index is -3.30. The second kappa shape index (κ2) is 7.65. The number of carbonyl (C=O) groups is 2. The van der Waals surface area contributed by atoms with Gasteiger partial charge in [-0.2, -0.15) is 0 Å². The van der Waals surface area contributed by atoms with Crippen molar-refractivity contribution >= 4 is 27.6 Å². The van der Waals surface area contributed by atoms with Gasteiger partial charge in [-0.05, 0) is 43.4 Å². The Kier molecular flexibility index (Phi) is 5.82. The molecule has 0 aliphatic heterocycles. The smallest absolute Gasteiger partial charge is 0.306 e. The highest BCUT2D eigenvalue weighted by molar-refractivity contribution is 7.92. The number of carboxylic acid groups (broad SMARTS) is 1. The van der Waals surface area contributed by atoms with E-state index in [2.05, 4.69) is 10.0 Å². The molecule has 1 fully saturated rings. The Balaban J connectivity index is 1.81. The molecule has 0 unspecified atom stereocenters. The number of aliphatic carboxylic acids is 1. The summed E-state index contributed by atoms with van der Waals surface area (Å²) in [4.78, 5) is 23.1. The van der Waals surface area contributed by atoms with Gasteiger partial charge in [-0.3, -0.25) is 14.3 Å². The molecule has 1 aliphatic carbocycles. The zero-order valence-electron chi connectivity index (χ0n) is 13.5. The van der Waals surface area contributed by atoms with Crippen molar-refractivity contribution in [3.05, 3.63) is 29.8 Å². The molecule has 0 atom stereocenters. The van der Waals surface area contributed by atoms with Gasteiger partial charge in [0.25, 0.3) is 0 Å². The molecule has 3 N–H and O–H groups in total. The third kappa shape index (κ3) is 5.52. The molecule has 1 aromatic carbocycles. The Bertz CT molecular complexity index is 692. The first-order valence-corrected chi connectivity index (χ1v) is 9.71. The zero-order chi connectivity index (χ0) is 17.7. The van der Waals surface area contributed by atoms with Crippen molar-refractivity contribution in [3.8, 4) is 0 Å². The topological polar surface area (TPSA) is 113 Å². The molecule has 0 saturated heterocycles. The quantitative estimate of drug-likeness (QED) is 0.718. The van der Waals surface area contributed by atoms with Crippen LogP contribution in [0.5, 0.6) is 0 Å². The zero-order valence-corrected chi connectivity index (χ0v) is 14.3. The van der Waals surface area contributed by atoms with Crippen molar-refractivity contribution in [1.29, 1.82) is 0 Å². The highest BCUT2D eigenvalue weighted by atomic mass is 32.2. The Morgan fingerprint density at radius 1 is 1.08 bits per heavy atom. The first-order valence-electron chi connectivity index (χ1n) is 7.82. The largest absolute Gasteiger partial charge is 0.481 e. The molecule has 0 spiro atoms. The number of sulfonamides is 1. The molecule has 0 radical (unpaired) electrons. The molecular weight excluding hydrogens is 332 g/mol. The summed E-state index contributed by atoms with van der Waals surface area (Å²) in [5.74, 6) is -1.30. The molecular formula is C16H22N2O5S. The molecule has 2 rings (SSSR count). The van der Waals surface area contributed by atoms with E-state index in [4.69, 9.17) is 5.11 Å². The first-order chi connectivity index (χ1) is 11.2. The summed E-state index contributed by atoms with van der Waals surface area (Å²) in [5.41, 5.74) is 1.33. The Morgan fingerprint density at radius 3 is 2.12 bits per heavy atom. The van der Waals surface area contributed by atoms with Crippen molar-refractivity contribution in [2.24, 2.45) is 11.8 Å². The maximum absolute atomic E-state index is 12.2. The van der Waals surface area contributed by atoms with Crippen LogP contribution in [0.25, 0.3) is 0 Å². The van der Waals surface area contributed by atoms with Crippen LogP contribution in [0.2, 0.25) is 0 Å². The Labute approximate surface area is 141 Å². The third-order valence-corrected chi connectivity index (χ3v) is 4.78. The van der Waals surface area contributed by atoms with Gasteiger partial charge in [-0.15, -0.1) is 0 Å². The number of anilines is 1. The van der Waals surface area contributed by atoms with Crippen molar-refractivity contribution in [2.45, 2.75) is 32.2 Å². The summed E-state index contributed by atoms with van der Waals surface area (Å²) in [5, 5.41) is 11.8. The number of carboxylic acids is 1. The first kappa shape index (κ1) is 18.3. The van der Waals surface area contributed by atoms with Gasteiger partial charge in [0, 0.05) is 18.2 Å². The summed E-state index contributed by atoms with van der Waals surface area (Å²) < 4.78 is 24.6. The molecule has 1 aliphatic rings. The molecule has 0 aromatic heterocycles. The van der Waals surface area contributed by atoms with E-state index in [0.29, 0.717) is 37.9 Å². The number of rotatable bonds is 6. The van der Waals surface area contributed by atoms with Crippen molar-refractivity contribution in [3.63, 3.8) is 0 Å². The fraction of sp³-hybridized carbons (Fsp3) is 0.500. The van der Waals surface area contributed by atoms with E-state index in [1.165, 1.54) is 0 Å². The van der Waals surface area contributed by atoms with Crippen LogP contribution in [0.1, 0.15) is 31.2 Å². The lowest BCUT2D eigenvalue weighted by molar-refractivity contribution is -0.144. The van der Waals surface area contributed by atoms with Crippen LogP contribution < -0.4 is 10.0 Å². The maximum Gasteiger partial charge on any atom is 0.306 e. The van der Waals surface area contributed by atoms with Crippen LogP contribution in [0, 0.1) is 11.8 Å². The molecule has 1 aromatic rings. The van der Waals surface area contributed by atoms with E-state index in [0.717, 1.165) is 11.8 Å². The summed E-state index contributed by atoms with van der Waals surface area (Å²) in [6.45, 7) is 0.358. The minimum Gasteiger partial charge on any atom is -0.481 e. The van der Waals surface area contributed by atoms with Crippen LogP contribution in [0.15, 0.2) is 24.3 Å². The van der Waals surface area contributed by atoms with E-state index in [1.54, 1.807) is 24.3 Å². The van der Waals surface area contributed by atoms with Gasteiger partial charge in [0.05, 0.1) is 12.2 Å². The van der Waals surface area contributed by atoms with Crippen LogP contribution in [0.3, 0.4) is 0 Å². The van der Waals surface area contributed by atoms with Gasteiger partial charge in [0.2, 0.25) is 15.9 Å². The predicted molar refractivity (Wildman–Crippen MR) is 89.8 cm³/mol. The normalized spacial score (nSPS) is 21.0. The van der Waals surface area contributed by atoms with Crippen LogP contribution >= 0.6 is 0 Å². The SMILES string of the molecule is CS(=O)(=O)Nc1ccc(CNC(=O)C2CCC(C(=O)O)CC2)cc1. The molecule has 0 bridgehead atoms. The van der Waals surface area contributed by atoms with E-state index in [-0.39, 0.29) is 17.7 Å². The van der Waals surface area contributed by atoms with Crippen molar-refractivity contribution < 1.29 is 23.1 Å². The maximum atomic E-state index is 12.2. The number of benzene rings is 1. The number of carbonyl (C=O) groups excluding carboxylic acids is 1. The highest BCUT2D eigenvalue weighted by Crippen LogP contribution is 2.29. The van der Waals surface area contributed by atoms with Crippen molar-refractivity contribution in [2.75, 3.05) is 11.0 Å². The predicted octanol–water partition coefficient (Wildman–Crippen LogP) is 1.57. The van der Waals surface area contributed by atoms with Gasteiger partial charge in [0.1, 0.15) is 0 Å². The molecule has 8 heteroatoms. The molecule has 132 valence electrons. The number of nitrogens with one attached hydrogen (secondary N) is 2. The number of hydrogen-bond donors (Lipinski definition) is 3. The Hall–Kier alpha value is -2.09. The second-order valence-electron chi connectivity index (χ2n) is 6.18. The lowest BCUT2D eigenvalue weighted by Crippen LogP contribution is -2.34. The summed E-state index contributed by atoms with van der Waals surface area (Å²) in [6.07, 6.45) is 3.36. The van der Waals surface area contributed by atoms with E-state index >= 15 is 0 Å². The van der Waals surface area contributed by atoms with Gasteiger partial charge in [-0.1, -0.05) is 12.1 Å². The Morgan fingerprint density at radius 2 is 1.62 bits per heavy atom. The molecule has 24 heavy (non-hydrogen) atoms. The standard InChI is InChI=1S/C16H22N2O5S/c1-24(22,23)18-14-8-2-11(3-9-14)10-17-15(19)12-4-6-13(7-5-12)16(20)21/h2-3,8-9,12-13,18H,4-7,10H2,1H3,(H,17,19)(H,20,21). The molecule has 1 saturated carbocycles. The molecule has 0 heterocycles. The lowest BCUT2D eigenvalue weighted by atomic mass is 9.81. The van der Waals surface area contributed by atoms with Gasteiger partial charge >= 0.3 is 5.97 Å². The van der Waals surface area contributed by atoms with Crippen LogP contribution in [0.4, 0.5) is 5.69 Å². The average Bonchev–Trinajstić information content (AvgIpc) is 2.52. The van der Waals surface area contributed by atoms with E-state index in [9.17, 15) is 18.0 Å².